The van der Waals surface area contributed by atoms with Crippen LogP contribution >= 0.6 is 46.4 Å². The predicted molar refractivity (Wildman–Crippen MR) is 167 cm³/mol. The van der Waals surface area contributed by atoms with Gasteiger partial charge in [-0.1, -0.05) is 89.7 Å². The minimum atomic E-state index is -3.98. The number of nitrogens with one attached hydrogen (secondary N) is 1. The van der Waals surface area contributed by atoms with E-state index in [2.05, 4.69) is 5.32 Å². The molecule has 0 fully saturated rings. The van der Waals surface area contributed by atoms with Gasteiger partial charge in [-0.05, 0) is 49.2 Å². The van der Waals surface area contributed by atoms with Crippen LogP contribution < -0.4 is 9.62 Å². The first-order chi connectivity index (χ1) is 19.3. The Morgan fingerprint density at radius 2 is 1.49 bits per heavy atom. The van der Waals surface area contributed by atoms with Gasteiger partial charge in [0.25, 0.3) is 0 Å². The number of anilines is 1. The van der Waals surface area contributed by atoms with E-state index >= 15 is 0 Å². The van der Waals surface area contributed by atoms with Crippen molar-refractivity contribution >= 4 is 73.9 Å². The number of hydrogen-bond donors (Lipinski definition) is 1. The molecule has 12 heteroatoms. The number of nitrogens with zero attached hydrogens (tertiary/aromatic N) is 2. The van der Waals surface area contributed by atoms with Crippen LogP contribution in [0.5, 0.6) is 0 Å². The summed E-state index contributed by atoms with van der Waals surface area (Å²) in [4.78, 5) is 29.2. The number of carbonyl (C=O) groups is 2. The quantitative estimate of drug-likeness (QED) is 0.237. The summed E-state index contributed by atoms with van der Waals surface area (Å²) in [6.07, 6.45) is 1.81. The third-order valence-electron chi connectivity index (χ3n) is 6.48. The molecule has 1 N–H and O–H groups in total. The van der Waals surface area contributed by atoms with Crippen molar-refractivity contribution in [2.75, 3.05) is 17.1 Å². The van der Waals surface area contributed by atoms with Crippen molar-refractivity contribution in [2.45, 2.75) is 45.3 Å². The van der Waals surface area contributed by atoms with E-state index in [4.69, 9.17) is 46.4 Å². The molecule has 0 aromatic heterocycles. The molecule has 0 saturated carbocycles. The molecule has 0 bridgehead atoms. The Bertz CT molecular complexity index is 1450. The molecular weight excluding hydrogens is 628 g/mol. The first kappa shape index (κ1) is 33.0. The van der Waals surface area contributed by atoms with Crippen molar-refractivity contribution in [3.05, 3.63) is 97.9 Å². The molecule has 3 rings (SSSR count). The zero-order chi connectivity index (χ0) is 30.3. The topological polar surface area (TPSA) is 86.8 Å². The number of sulfonamides is 1. The minimum Gasteiger partial charge on any atom is -0.352 e. The second-order valence-corrected chi connectivity index (χ2v) is 13.2. The fourth-order valence-electron chi connectivity index (χ4n) is 4.15. The molecule has 220 valence electrons. The van der Waals surface area contributed by atoms with Crippen molar-refractivity contribution < 1.29 is 18.0 Å². The molecule has 0 spiro atoms. The fraction of sp³-hybridized carbons (Fsp3) is 0.310. The smallest absolute Gasteiger partial charge is 0.244 e. The Morgan fingerprint density at radius 1 is 0.902 bits per heavy atom. The summed E-state index contributed by atoms with van der Waals surface area (Å²) in [6, 6.07) is 17.2. The van der Waals surface area contributed by atoms with Crippen LogP contribution in [-0.2, 0) is 32.6 Å². The number of carbonyl (C=O) groups excluding carboxylic acids is 2. The van der Waals surface area contributed by atoms with Crippen LogP contribution in [0.15, 0.2) is 66.7 Å². The lowest BCUT2D eigenvalue weighted by Crippen LogP contribution is -2.54. The van der Waals surface area contributed by atoms with Crippen molar-refractivity contribution in [1.82, 2.24) is 10.2 Å². The standard InChI is InChI=1S/C29H31Cl4N3O4S/c1-4-19(2)34-29(38)27(13-20-9-6-5-7-10-20)35(17-24-25(32)11-8-12-26(24)33)28(37)18-36(41(3,39)40)23-15-21(30)14-22(31)16-23/h5-12,14-16,19,27H,4,13,17-18H2,1-3H3,(H,34,38)/t19-,27+/m1/s1. The summed E-state index contributed by atoms with van der Waals surface area (Å²) in [5.74, 6) is -1.04. The Labute approximate surface area is 261 Å². The zero-order valence-corrected chi connectivity index (χ0v) is 26.6. The van der Waals surface area contributed by atoms with Crippen LogP contribution in [-0.4, -0.2) is 50.0 Å². The number of rotatable bonds is 12. The second-order valence-electron chi connectivity index (χ2n) is 9.64. The molecule has 3 aromatic carbocycles. The van der Waals surface area contributed by atoms with E-state index in [-0.39, 0.29) is 34.7 Å². The van der Waals surface area contributed by atoms with Crippen LogP contribution in [0, 0.1) is 0 Å². The fourth-order valence-corrected chi connectivity index (χ4v) is 6.01. The second kappa shape index (κ2) is 14.6. The molecule has 2 amide bonds. The van der Waals surface area contributed by atoms with Gasteiger partial charge in [-0.3, -0.25) is 13.9 Å². The van der Waals surface area contributed by atoms with Gasteiger partial charge in [-0.2, -0.15) is 0 Å². The average molecular weight is 659 g/mol. The van der Waals surface area contributed by atoms with E-state index in [9.17, 15) is 18.0 Å². The van der Waals surface area contributed by atoms with E-state index < -0.39 is 34.4 Å². The molecule has 41 heavy (non-hydrogen) atoms. The van der Waals surface area contributed by atoms with Crippen molar-refractivity contribution in [3.63, 3.8) is 0 Å². The van der Waals surface area contributed by atoms with Gasteiger partial charge in [0.15, 0.2) is 0 Å². The molecule has 0 aliphatic rings. The van der Waals surface area contributed by atoms with Gasteiger partial charge < -0.3 is 10.2 Å². The predicted octanol–water partition coefficient (Wildman–Crippen LogP) is 6.62. The third kappa shape index (κ3) is 9.25. The number of amides is 2. The summed E-state index contributed by atoms with van der Waals surface area (Å²) in [5.41, 5.74) is 1.34. The van der Waals surface area contributed by atoms with Crippen LogP contribution in [0.1, 0.15) is 31.4 Å². The van der Waals surface area contributed by atoms with Crippen molar-refractivity contribution in [2.24, 2.45) is 0 Å². The molecule has 0 aliphatic heterocycles. The highest BCUT2D eigenvalue weighted by Gasteiger charge is 2.34. The SMILES string of the molecule is CC[C@@H](C)NC(=O)[C@H](Cc1ccccc1)N(Cc1c(Cl)cccc1Cl)C(=O)CN(c1cc(Cl)cc(Cl)c1)S(C)(=O)=O. The van der Waals surface area contributed by atoms with E-state index in [1.807, 2.05) is 44.2 Å². The molecule has 2 atom stereocenters. The lowest BCUT2D eigenvalue weighted by molar-refractivity contribution is -0.140. The lowest BCUT2D eigenvalue weighted by atomic mass is 10.0. The Kier molecular flexibility index (Phi) is 11.8. The Balaban J connectivity index is 2.13. The maximum absolute atomic E-state index is 14.1. The summed E-state index contributed by atoms with van der Waals surface area (Å²) in [6.45, 7) is 3.03. The molecule has 0 aliphatic carbocycles. The highest BCUT2D eigenvalue weighted by atomic mass is 35.5. The van der Waals surface area contributed by atoms with Crippen LogP contribution in [0.25, 0.3) is 0 Å². The van der Waals surface area contributed by atoms with Crippen molar-refractivity contribution in [1.29, 1.82) is 0 Å². The highest BCUT2D eigenvalue weighted by Crippen LogP contribution is 2.30. The van der Waals surface area contributed by atoms with Crippen LogP contribution in [0.2, 0.25) is 20.1 Å². The molecular formula is C29H31Cl4N3O4S. The summed E-state index contributed by atoms with van der Waals surface area (Å²) >= 11 is 25.3. The maximum Gasteiger partial charge on any atom is 0.244 e. The number of hydrogen-bond acceptors (Lipinski definition) is 4. The maximum atomic E-state index is 14.1. The zero-order valence-electron chi connectivity index (χ0n) is 22.8. The molecule has 0 heterocycles. The van der Waals surface area contributed by atoms with E-state index in [0.717, 1.165) is 16.1 Å². The van der Waals surface area contributed by atoms with E-state index in [1.165, 1.54) is 23.1 Å². The van der Waals surface area contributed by atoms with Gasteiger partial charge in [0.1, 0.15) is 12.6 Å². The summed E-state index contributed by atoms with van der Waals surface area (Å²) < 4.78 is 26.7. The van der Waals surface area contributed by atoms with Gasteiger partial charge >= 0.3 is 0 Å². The van der Waals surface area contributed by atoms with E-state index in [0.29, 0.717) is 22.0 Å². The van der Waals surface area contributed by atoms with E-state index in [1.54, 1.807) is 18.2 Å². The van der Waals surface area contributed by atoms with Crippen LogP contribution in [0.4, 0.5) is 5.69 Å². The first-order valence-electron chi connectivity index (χ1n) is 12.8. The Hall–Kier alpha value is -2.49. The van der Waals surface area contributed by atoms with Crippen LogP contribution in [0.3, 0.4) is 0 Å². The number of benzene rings is 3. The van der Waals surface area contributed by atoms with Gasteiger partial charge in [-0.15, -0.1) is 0 Å². The number of halogens is 4. The monoisotopic (exact) mass is 657 g/mol. The largest absolute Gasteiger partial charge is 0.352 e. The molecule has 3 aromatic rings. The highest BCUT2D eigenvalue weighted by molar-refractivity contribution is 7.92. The lowest BCUT2D eigenvalue weighted by Gasteiger charge is -2.34. The molecule has 0 unspecified atom stereocenters. The van der Waals surface area contributed by atoms with Gasteiger partial charge in [0.05, 0.1) is 11.9 Å². The summed E-state index contributed by atoms with van der Waals surface area (Å²) in [5, 5.41) is 3.97. The van der Waals surface area contributed by atoms with Gasteiger partial charge in [0, 0.05) is 44.7 Å². The van der Waals surface area contributed by atoms with Gasteiger partial charge in [0.2, 0.25) is 21.8 Å². The minimum absolute atomic E-state index is 0.109. The molecule has 7 nitrogen and oxygen atoms in total. The van der Waals surface area contributed by atoms with Crippen molar-refractivity contribution in [3.8, 4) is 0 Å². The third-order valence-corrected chi connectivity index (χ3v) is 8.76. The van der Waals surface area contributed by atoms with Gasteiger partial charge in [-0.25, -0.2) is 8.42 Å². The average Bonchev–Trinajstić information content (AvgIpc) is 2.89. The molecule has 0 saturated heterocycles. The normalized spacial score (nSPS) is 12.9. The first-order valence-corrected chi connectivity index (χ1v) is 16.2. The summed E-state index contributed by atoms with van der Waals surface area (Å²) in [7, 11) is -3.98. The molecule has 0 radical (unpaired) electrons. The Morgan fingerprint density at radius 3 is 2.02 bits per heavy atom.